The van der Waals surface area contributed by atoms with Crippen LogP contribution in [0.5, 0.6) is 0 Å². The minimum absolute atomic E-state index is 0.0339. The normalized spacial score (nSPS) is 22.8. The van der Waals surface area contributed by atoms with Gasteiger partial charge in [0.1, 0.15) is 21.7 Å². The fraction of sp³-hybridized carbons (Fsp3) is 0.630. The van der Waals surface area contributed by atoms with Gasteiger partial charge in [0.15, 0.2) is 0 Å². The van der Waals surface area contributed by atoms with E-state index in [0.29, 0.717) is 26.1 Å². The Kier molecular flexibility index (Phi) is 10.5. The highest BCUT2D eigenvalue weighted by Crippen LogP contribution is 2.33. The van der Waals surface area contributed by atoms with Gasteiger partial charge in [-0.15, -0.1) is 9.03 Å². The van der Waals surface area contributed by atoms with Gasteiger partial charge >= 0.3 is 0 Å². The van der Waals surface area contributed by atoms with Gasteiger partial charge in [-0.25, -0.2) is 0 Å². The van der Waals surface area contributed by atoms with Crippen LogP contribution < -0.4 is 4.72 Å². The summed E-state index contributed by atoms with van der Waals surface area (Å²) in [4.78, 5) is 0. The molecule has 0 bridgehead atoms. The number of allylic oxidation sites excluding steroid dienone is 3. The van der Waals surface area contributed by atoms with Gasteiger partial charge in [-0.3, -0.25) is 0 Å². The van der Waals surface area contributed by atoms with Gasteiger partial charge in [0.2, 0.25) is 0 Å². The van der Waals surface area contributed by atoms with E-state index < -0.39 is 27.5 Å². The SMILES string of the molecule is CC(C)(C)[S@+]([O-])NC[C@@H]1CCC=C(CC(C)(C)[S@+]([O-])N(Cc2ccccc2)C[C@@H]2CCC=CO2)O1. The Morgan fingerprint density at radius 1 is 1.03 bits per heavy atom. The average molecular weight is 523 g/mol. The van der Waals surface area contributed by atoms with Gasteiger partial charge in [0, 0.05) is 22.7 Å². The summed E-state index contributed by atoms with van der Waals surface area (Å²) in [5.74, 6) is 0.874. The van der Waals surface area contributed by atoms with Gasteiger partial charge in [0.25, 0.3) is 0 Å². The van der Waals surface area contributed by atoms with E-state index in [-0.39, 0.29) is 17.0 Å². The fourth-order valence-electron chi connectivity index (χ4n) is 4.15. The van der Waals surface area contributed by atoms with Crippen LogP contribution in [-0.2, 0) is 38.7 Å². The molecular weight excluding hydrogens is 480 g/mol. The summed E-state index contributed by atoms with van der Waals surface area (Å²) in [5, 5.41) is 0. The molecule has 0 aromatic heterocycles. The predicted molar refractivity (Wildman–Crippen MR) is 145 cm³/mol. The van der Waals surface area contributed by atoms with E-state index in [4.69, 9.17) is 9.47 Å². The Morgan fingerprint density at radius 2 is 1.74 bits per heavy atom. The first-order chi connectivity index (χ1) is 16.5. The molecule has 0 radical (unpaired) electrons. The molecule has 0 unspecified atom stereocenters. The molecule has 0 aliphatic carbocycles. The maximum Gasteiger partial charge on any atom is 0.146 e. The minimum atomic E-state index is -1.26. The van der Waals surface area contributed by atoms with E-state index in [1.165, 1.54) is 0 Å². The van der Waals surface area contributed by atoms with Crippen LogP contribution in [0, 0.1) is 0 Å². The molecule has 4 atom stereocenters. The highest BCUT2D eigenvalue weighted by atomic mass is 32.2. The number of hydrogen-bond acceptors (Lipinski definition) is 6. The van der Waals surface area contributed by atoms with Gasteiger partial charge < -0.3 is 18.6 Å². The molecule has 35 heavy (non-hydrogen) atoms. The monoisotopic (exact) mass is 522 g/mol. The third-order valence-corrected chi connectivity index (χ3v) is 9.49. The van der Waals surface area contributed by atoms with Crippen LogP contribution in [0.25, 0.3) is 0 Å². The number of rotatable bonds is 11. The van der Waals surface area contributed by atoms with Crippen LogP contribution in [0.1, 0.15) is 72.3 Å². The summed E-state index contributed by atoms with van der Waals surface area (Å²) in [6.45, 7) is 11.7. The average Bonchev–Trinajstić information content (AvgIpc) is 2.82. The van der Waals surface area contributed by atoms with Gasteiger partial charge in [-0.2, -0.15) is 0 Å². The standard InChI is InChI=1S/C27H42N2O4S2/c1-26(2,3)34(30)28-19-24-16-11-15-23(33-24)18-27(4,5)35(31)29(20-22-12-7-6-8-13-22)21-25-14-9-10-17-32-25/h6-8,10,12-13,15,17,24-25,28H,9,11,14,16,18-21H2,1-5H3/t24-,25-,34-,35-/m0/s1. The van der Waals surface area contributed by atoms with Crippen molar-refractivity contribution in [2.45, 2.75) is 95.0 Å². The smallest absolute Gasteiger partial charge is 0.146 e. The van der Waals surface area contributed by atoms with E-state index >= 15 is 0 Å². The van der Waals surface area contributed by atoms with Crippen molar-refractivity contribution in [1.29, 1.82) is 0 Å². The molecule has 1 aromatic carbocycles. The lowest BCUT2D eigenvalue weighted by molar-refractivity contribution is 0.0882. The first kappa shape index (κ1) is 28.4. The Labute approximate surface area is 218 Å². The second-order valence-corrected chi connectivity index (χ2v) is 15.1. The van der Waals surface area contributed by atoms with Crippen LogP contribution in [0.3, 0.4) is 0 Å². The van der Waals surface area contributed by atoms with Gasteiger partial charge in [0.05, 0.1) is 38.1 Å². The van der Waals surface area contributed by atoms with E-state index in [0.717, 1.165) is 37.0 Å². The summed E-state index contributed by atoms with van der Waals surface area (Å²) in [6, 6.07) is 10.2. The van der Waals surface area contributed by atoms with E-state index in [1.807, 2.05) is 63.2 Å². The number of ether oxygens (including phenoxy) is 2. The summed E-state index contributed by atoms with van der Waals surface area (Å²) < 4.78 is 42.7. The lowest BCUT2D eigenvalue weighted by atomic mass is 10.0. The fourth-order valence-corrected chi connectivity index (χ4v) is 6.45. The Hall–Kier alpha value is -1.16. The largest absolute Gasteiger partial charge is 0.598 e. The molecule has 0 saturated heterocycles. The van der Waals surface area contributed by atoms with Gasteiger partial charge in [-0.1, -0.05) is 30.3 Å². The molecule has 0 saturated carbocycles. The summed E-state index contributed by atoms with van der Waals surface area (Å²) in [5.41, 5.74) is 1.13. The molecule has 0 fully saturated rings. The molecule has 2 heterocycles. The molecule has 196 valence electrons. The van der Waals surface area contributed by atoms with Crippen LogP contribution >= 0.6 is 0 Å². The van der Waals surface area contributed by atoms with E-state index in [2.05, 4.69) is 22.9 Å². The lowest BCUT2D eigenvalue weighted by Crippen LogP contribution is -2.48. The first-order valence-electron chi connectivity index (χ1n) is 12.6. The quantitative estimate of drug-likeness (QED) is 0.406. The minimum Gasteiger partial charge on any atom is -0.598 e. The zero-order valence-corrected chi connectivity index (χ0v) is 23.5. The topological polar surface area (TPSA) is 79.8 Å². The number of nitrogens with zero attached hydrogens (tertiary/aromatic N) is 1. The van der Waals surface area contributed by atoms with Crippen molar-refractivity contribution in [3.8, 4) is 0 Å². The summed E-state index contributed by atoms with van der Waals surface area (Å²) in [7, 11) is 0. The van der Waals surface area contributed by atoms with Crippen molar-refractivity contribution in [3.05, 3.63) is 60.1 Å². The van der Waals surface area contributed by atoms with Crippen LogP contribution in [0.4, 0.5) is 0 Å². The third kappa shape index (κ3) is 9.02. The van der Waals surface area contributed by atoms with Crippen LogP contribution in [-0.4, -0.2) is 48.2 Å². The zero-order chi connectivity index (χ0) is 25.5. The highest BCUT2D eigenvalue weighted by molar-refractivity contribution is 7.91. The van der Waals surface area contributed by atoms with E-state index in [9.17, 15) is 9.11 Å². The van der Waals surface area contributed by atoms with Crippen molar-refractivity contribution in [2.24, 2.45) is 0 Å². The molecule has 0 spiro atoms. The first-order valence-corrected chi connectivity index (χ1v) is 14.8. The zero-order valence-electron chi connectivity index (χ0n) is 21.8. The number of benzene rings is 1. The van der Waals surface area contributed by atoms with Crippen LogP contribution in [0.15, 0.2) is 54.5 Å². The molecule has 3 rings (SSSR count). The van der Waals surface area contributed by atoms with Crippen molar-refractivity contribution >= 4 is 22.7 Å². The summed E-state index contributed by atoms with van der Waals surface area (Å²) in [6.07, 6.45) is 10.2. The molecule has 1 aromatic rings. The van der Waals surface area contributed by atoms with Crippen LogP contribution in [0.2, 0.25) is 0 Å². The molecule has 0 amide bonds. The Balaban J connectivity index is 1.63. The maximum atomic E-state index is 14.0. The lowest BCUT2D eigenvalue weighted by Gasteiger charge is -2.38. The Bertz CT molecular complexity index is 841. The molecule has 1 N–H and O–H groups in total. The summed E-state index contributed by atoms with van der Waals surface area (Å²) >= 11 is -2.39. The predicted octanol–water partition coefficient (Wildman–Crippen LogP) is 5.13. The van der Waals surface area contributed by atoms with Crippen molar-refractivity contribution < 1.29 is 18.6 Å². The number of hydrogen-bond donors (Lipinski definition) is 1. The third-order valence-electron chi connectivity index (χ3n) is 6.12. The molecule has 8 heteroatoms. The van der Waals surface area contributed by atoms with Crippen molar-refractivity contribution in [1.82, 2.24) is 9.03 Å². The molecule has 2 aliphatic heterocycles. The van der Waals surface area contributed by atoms with E-state index in [1.54, 1.807) is 6.26 Å². The molecule has 2 aliphatic rings. The maximum absolute atomic E-state index is 14.0. The number of nitrogens with one attached hydrogen (secondary N) is 1. The molecule has 6 nitrogen and oxygen atoms in total. The second-order valence-electron chi connectivity index (χ2n) is 10.9. The molecular formula is C27H42N2O4S2. The van der Waals surface area contributed by atoms with Crippen molar-refractivity contribution in [3.63, 3.8) is 0 Å². The van der Waals surface area contributed by atoms with Crippen molar-refractivity contribution in [2.75, 3.05) is 13.1 Å². The highest BCUT2D eigenvalue weighted by Gasteiger charge is 2.41. The second kappa shape index (κ2) is 12.9. The Morgan fingerprint density at radius 3 is 2.40 bits per heavy atom. The van der Waals surface area contributed by atoms with Gasteiger partial charge in [-0.05, 0) is 78.0 Å².